The van der Waals surface area contributed by atoms with Crippen LogP contribution in [0.4, 0.5) is 5.69 Å². The first-order valence-corrected chi connectivity index (χ1v) is 8.94. The Morgan fingerprint density at radius 3 is 2.58 bits per heavy atom. The number of benzene rings is 1. The Labute approximate surface area is 149 Å². The van der Waals surface area contributed by atoms with Crippen LogP contribution in [-0.2, 0) is 6.42 Å². The van der Waals surface area contributed by atoms with Crippen molar-refractivity contribution in [2.24, 2.45) is 0 Å². The lowest BCUT2D eigenvalue weighted by Crippen LogP contribution is -2.38. The average Bonchev–Trinajstić information content (AvgIpc) is 2.87. The van der Waals surface area contributed by atoms with Gasteiger partial charge in [0.15, 0.2) is 5.11 Å². The lowest BCUT2D eigenvalue weighted by molar-refractivity contribution is 0.289. The summed E-state index contributed by atoms with van der Waals surface area (Å²) in [5, 5.41) is 4.17. The van der Waals surface area contributed by atoms with Crippen LogP contribution in [0.2, 0.25) is 0 Å². The van der Waals surface area contributed by atoms with Crippen LogP contribution in [0.25, 0.3) is 0 Å². The molecule has 1 aliphatic rings. The molecule has 0 unspecified atom stereocenters. The van der Waals surface area contributed by atoms with Crippen molar-refractivity contribution in [2.45, 2.75) is 12.8 Å². The van der Waals surface area contributed by atoms with E-state index in [-0.39, 0.29) is 0 Å². The number of hydrogen-bond donors (Lipinski definition) is 1. The van der Waals surface area contributed by atoms with Gasteiger partial charge in [0, 0.05) is 44.3 Å². The Morgan fingerprint density at radius 1 is 1.00 bits per heavy atom. The van der Waals surface area contributed by atoms with Crippen molar-refractivity contribution in [1.29, 1.82) is 0 Å². The van der Waals surface area contributed by atoms with Gasteiger partial charge in [-0.25, -0.2) is 0 Å². The molecule has 126 valence electrons. The lowest BCUT2D eigenvalue weighted by atomic mass is 10.2. The summed E-state index contributed by atoms with van der Waals surface area (Å²) in [5.41, 5.74) is 2.41. The minimum atomic E-state index is 0.831. The maximum Gasteiger partial charge on any atom is 0.173 e. The third-order valence-corrected chi connectivity index (χ3v) is 4.73. The molecule has 24 heavy (non-hydrogen) atoms. The summed E-state index contributed by atoms with van der Waals surface area (Å²) in [6.45, 7) is 5.29. The normalized spacial score (nSPS) is 15.8. The summed E-state index contributed by atoms with van der Waals surface area (Å²) in [6, 6.07) is 14.4. The molecule has 2 aromatic rings. The zero-order valence-corrected chi connectivity index (χ0v) is 14.7. The van der Waals surface area contributed by atoms with Crippen molar-refractivity contribution in [1.82, 2.24) is 14.8 Å². The smallest absolute Gasteiger partial charge is 0.173 e. The minimum Gasteiger partial charge on any atom is -0.348 e. The molecule has 0 radical (unpaired) electrons. The number of rotatable bonds is 4. The van der Waals surface area contributed by atoms with E-state index >= 15 is 0 Å². The number of aromatic nitrogens is 1. The molecule has 0 spiro atoms. The quantitative estimate of drug-likeness (QED) is 0.865. The van der Waals surface area contributed by atoms with Crippen LogP contribution in [0.3, 0.4) is 0 Å². The second-order valence-electron chi connectivity index (χ2n) is 6.08. The topological polar surface area (TPSA) is 31.4 Å². The molecule has 3 rings (SSSR count). The van der Waals surface area contributed by atoms with Crippen molar-refractivity contribution in [2.75, 3.05) is 38.0 Å². The molecule has 0 saturated carbocycles. The Bertz CT molecular complexity index is 632. The molecule has 1 aliphatic heterocycles. The van der Waals surface area contributed by atoms with E-state index in [4.69, 9.17) is 12.2 Å². The van der Waals surface area contributed by atoms with E-state index in [0.29, 0.717) is 0 Å². The van der Waals surface area contributed by atoms with E-state index in [9.17, 15) is 0 Å². The van der Waals surface area contributed by atoms with Gasteiger partial charge in [0.1, 0.15) is 0 Å². The highest BCUT2D eigenvalue weighted by Gasteiger charge is 2.16. The molecule has 0 aliphatic carbocycles. The van der Waals surface area contributed by atoms with Gasteiger partial charge >= 0.3 is 0 Å². The van der Waals surface area contributed by atoms with Gasteiger partial charge in [-0.2, -0.15) is 0 Å². The largest absolute Gasteiger partial charge is 0.348 e. The number of nitrogens with zero attached hydrogens (tertiary/aromatic N) is 3. The second-order valence-corrected chi connectivity index (χ2v) is 6.47. The molecule has 4 nitrogen and oxygen atoms in total. The highest BCUT2D eigenvalue weighted by atomic mass is 32.1. The molecule has 0 amide bonds. The van der Waals surface area contributed by atoms with Crippen LogP contribution in [0, 0.1) is 0 Å². The SMILES string of the molecule is S=C(Nc1ccccc1)N1CCCN(CCc2ccncc2)CC1. The van der Waals surface area contributed by atoms with E-state index in [1.54, 1.807) is 0 Å². The molecule has 1 aromatic carbocycles. The fourth-order valence-corrected chi connectivity index (χ4v) is 3.26. The number of para-hydroxylation sites is 1. The van der Waals surface area contributed by atoms with E-state index in [1.165, 1.54) is 5.56 Å². The highest BCUT2D eigenvalue weighted by molar-refractivity contribution is 7.80. The summed E-state index contributed by atoms with van der Waals surface area (Å²) < 4.78 is 0. The van der Waals surface area contributed by atoms with Crippen molar-refractivity contribution in [3.05, 3.63) is 60.4 Å². The molecular weight excluding hydrogens is 316 g/mol. The first-order chi connectivity index (χ1) is 11.8. The lowest BCUT2D eigenvalue weighted by Gasteiger charge is -2.24. The van der Waals surface area contributed by atoms with E-state index in [1.807, 2.05) is 42.7 Å². The average molecular weight is 340 g/mol. The molecule has 1 N–H and O–H groups in total. The predicted molar refractivity (Wildman–Crippen MR) is 103 cm³/mol. The second kappa shape index (κ2) is 8.76. The van der Waals surface area contributed by atoms with Gasteiger partial charge in [0.2, 0.25) is 0 Å². The van der Waals surface area contributed by atoms with Crippen molar-refractivity contribution >= 4 is 23.0 Å². The third kappa shape index (κ3) is 5.01. The number of thiocarbonyl (C=S) groups is 1. The Balaban J connectivity index is 1.47. The maximum absolute atomic E-state index is 5.59. The molecule has 0 atom stereocenters. The van der Waals surface area contributed by atoms with Gasteiger partial charge in [0.05, 0.1) is 0 Å². The summed E-state index contributed by atoms with van der Waals surface area (Å²) in [7, 11) is 0. The Hall–Kier alpha value is -1.98. The predicted octanol–water partition coefficient (Wildman–Crippen LogP) is 3.03. The number of pyridine rings is 1. The summed E-state index contributed by atoms with van der Waals surface area (Å²) in [6.07, 6.45) is 5.96. The van der Waals surface area contributed by atoms with E-state index < -0.39 is 0 Å². The first-order valence-electron chi connectivity index (χ1n) is 8.53. The highest BCUT2D eigenvalue weighted by Crippen LogP contribution is 2.10. The van der Waals surface area contributed by atoms with Crippen LogP contribution in [-0.4, -0.2) is 52.6 Å². The minimum absolute atomic E-state index is 0.831. The molecule has 1 fully saturated rings. The van der Waals surface area contributed by atoms with Crippen LogP contribution < -0.4 is 5.32 Å². The summed E-state index contributed by atoms with van der Waals surface area (Å²) in [4.78, 5) is 8.90. The van der Waals surface area contributed by atoms with Gasteiger partial charge in [-0.15, -0.1) is 0 Å². The fourth-order valence-electron chi connectivity index (χ4n) is 2.96. The van der Waals surface area contributed by atoms with Crippen LogP contribution in [0.1, 0.15) is 12.0 Å². The van der Waals surface area contributed by atoms with Gasteiger partial charge in [-0.1, -0.05) is 18.2 Å². The first kappa shape index (κ1) is 16.9. The van der Waals surface area contributed by atoms with Crippen LogP contribution in [0.5, 0.6) is 0 Å². The molecule has 5 heteroatoms. The summed E-state index contributed by atoms with van der Waals surface area (Å²) >= 11 is 5.59. The molecule has 0 bridgehead atoms. The van der Waals surface area contributed by atoms with Gasteiger partial charge in [0.25, 0.3) is 0 Å². The van der Waals surface area contributed by atoms with Crippen LogP contribution >= 0.6 is 12.2 Å². The number of nitrogens with one attached hydrogen (secondary N) is 1. The van der Waals surface area contributed by atoms with Crippen molar-refractivity contribution < 1.29 is 0 Å². The summed E-state index contributed by atoms with van der Waals surface area (Å²) in [5.74, 6) is 0. The zero-order valence-electron chi connectivity index (χ0n) is 13.9. The van der Waals surface area contributed by atoms with Gasteiger partial charge < -0.3 is 15.1 Å². The molecule has 1 saturated heterocycles. The third-order valence-electron chi connectivity index (χ3n) is 4.37. The molecule has 1 aromatic heterocycles. The number of hydrogen-bond acceptors (Lipinski definition) is 3. The van der Waals surface area contributed by atoms with E-state index in [2.05, 4.69) is 32.2 Å². The van der Waals surface area contributed by atoms with Crippen LogP contribution in [0.15, 0.2) is 54.9 Å². The Morgan fingerprint density at radius 2 is 1.79 bits per heavy atom. The maximum atomic E-state index is 5.59. The standard InChI is InChI=1S/C19H24N4S/c24-19(21-18-5-2-1-3-6-18)23-13-4-12-22(15-16-23)14-9-17-7-10-20-11-8-17/h1-3,5-8,10-11H,4,9,12-16H2,(H,21,24). The van der Waals surface area contributed by atoms with Crippen molar-refractivity contribution in [3.8, 4) is 0 Å². The van der Waals surface area contributed by atoms with Gasteiger partial charge in [-0.3, -0.25) is 4.98 Å². The van der Waals surface area contributed by atoms with Gasteiger partial charge in [-0.05, 0) is 61.4 Å². The van der Waals surface area contributed by atoms with E-state index in [0.717, 1.165) is 56.4 Å². The fraction of sp³-hybridized carbons (Fsp3) is 0.368. The Kier molecular flexibility index (Phi) is 6.15. The number of anilines is 1. The van der Waals surface area contributed by atoms with Crippen molar-refractivity contribution in [3.63, 3.8) is 0 Å². The monoisotopic (exact) mass is 340 g/mol. The molecule has 2 heterocycles. The zero-order chi connectivity index (χ0) is 16.6. The molecular formula is C19H24N4S.